The molecule has 0 aromatic heterocycles. The van der Waals surface area contributed by atoms with Crippen LogP contribution in [0.3, 0.4) is 0 Å². The summed E-state index contributed by atoms with van der Waals surface area (Å²) in [6.45, 7) is 2.62. The topological polar surface area (TPSA) is 23.8 Å². The van der Waals surface area contributed by atoms with Gasteiger partial charge in [0.2, 0.25) is 0 Å². The van der Waals surface area contributed by atoms with E-state index in [4.69, 9.17) is 5.73 Å². The molecule has 0 aliphatic carbocycles. The molecule has 0 unspecified atom stereocenters. The SMILES string of the molecule is CCC=CCC[NH]. The molecule has 0 rings (SSSR count). The summed E-state index contributed by atoms with van der Waals surface area (Å²) in [5, 5.41) is 0. The molecule has 0 spiro atoms. The van der Waals surface area contributed by atoms with Crippen molar-refractivity contribution in [1.29, 1.82) is 0 Å². The molecule has 0 aromatic carbocycles. The smallest absolute Gasteiger partial charge is 0.0134 e. The Morgan fingerprint density at radius 3 is 2.57 bits per heavy atom. The highest BCUT2D eigenvalue weighted by atomic mass is 14.5. The van der Waals surface area contributed by atoms with Gasteiger partial charge < -0.3 is 0 Å². The zero-order chi connectivity index (χ0) is 5.54. The highest BCUT2D eigenvalue weighted by Gasteiger charge is 1.68. The van der Waals surface area contributed by atoms with Crippen molar-refractivity contribution in [3.05, 3.63) is 12.2 Å². The molecule has 7 heavy (non-hydrogen) atoms. The highest BCUT2D eigenvalue weighted by Crippen LogP contribution is 1.82. The Morgan fingerprint density at radius 1 is 1.43 bits per heavy atom. The fourth-order valence-corrected chi connectivity index (χ4v) is 0.368. The van der Waals surface area contributed by atoms with Gasteiger partial charge >= 0.3 is 0 Å². The third-order valence-corrected chi connectivity index (χ3v) is 0.713. The van der Waals surface area contributed by atoms with Gasteiger partial charge in [-0.2, -0.15) is 0 Å². The maximum Gasteiger partial charge on any atom is 0.0134 e. The van der Waals surface area contributed by atoms with E-state index < -0.39 is 0 Å². The molecule has 1 N–H and O–H groups in total. The van der Waals surface area contributed by atoms with Gasteiger partial charge in [-0.15, -0.1) is 0 Å². The summed E-state index contributed by atoms with van der Waals surface area (Å²) in [5.41, 5.74) is 6.73. The van der Waals surface area contributed by atoms with Gasteiger partial charge in [0.1, 0.15) is 0 Å². The molecule has 0 aromatic rings. The monoisotopic (exact) mass is 98.1 g/mol. The average molecular weight is 98.2 g/mol. The quantitative estimate of drug-likeness (QED) is 0.479. The largest absolute Gasteiger partial charge is 0.258 e. The molecule has 0 saturated carbocycles. The van der Waals surface area contributed by atoms with Crippen LogP contribution in [0.2, 0.25) is 0 Å². The molecule has 1 nitrogen and oxygen atoms in total. The van der Waals surface area contributed by atoms with Crippen LogP contribution in [0.5, 0.6) is 0 Å². The second-order valence-electron chi connectivity index (χ2n) is 1.42. The molecule has 41 valence electrons. The van der Waals surface area contributed by atoms with Gasteiger partial charge in [-0.1, -0.05) is 19.1 Å². The van der Waals surface area contributed by atoms with Crippen molar-refractivity contribution >= 4 is 0 Å². The van der Waals surface area contributed by atoms with E-state index in [0.29, 0.717) is 6.54 Å². The molecular weight excluding hydrogens is 86.1 g/mol. The minimum atomic E-state index is 0.524. The Bertz CT molecular complexity index is 48.1. The second kappa shape index (κ2) is 5.70. The summed E-state index contributed by atoms with van der Waals surface area (Å²) in [7, 11) is 0. The van der Waals surface area contributed by atoms with E-state index in [9.17, 15) is 0 Å². The summed E-state index contributed by atoms with van der Waals surface area (Å²) in [6.07, 6.45) is 6.15. The number of allylic oxidation sites excluding steroid dienone is 1. The zero-order valence-electron chi connectivity index (χ0n) is 4.78. The summed E-state index contributed by atoms with van der Waals surface area (Å²) in [4.78, 5) is 0. The van der Waals surface area contributed by atoms with Crippen LogP contribution in [-0.4, -0.2) is 6.54 Å². The van der Waals surface area contributed by atoms with Crippen molar-refractivity contribution in [3.8, 4) is 0 Å². The Balaban J connectivity index is 2.78. The maximum absolute atomic E-state index is 6.73. The molecule has 0 amide bonds. The summed E-state index contributed by atoms with van der Waals surface area (Å²) in [5.74, 6) is 0. The van der Waals surface area contributed by atoms with E-state index in [1.165, 1.54) is 0 Å². The maximum atomic E-state index is 6.73. The Labute approximate surface area is 45.2 Å². The van der Waals surface area contributed by atoms with Gasteiger partial charge in [-0.25, -0.2) is 0 Å². The summed E-state index contributed by atoms with van der Waals surface area (Å²) >= 11 is 0. The van der Waals surface area contributed by atoms with Crippen molar-refractivity contribution < 1.29 is 0 Å². The van der Waals surface area contributed by atoms with Crippen molar-refractivity contribution in [3.63, 3.8) is 0 Å². The van der Waals surface area contributed by atoms with E-state index in [0.717, 1.165) is 12.8 Å². The van der Waals surface area contributed by atoms with Crippen LogP contribution in [-0.2, 0) is 0 Å². The molecule has 1 radical (unpaired) electrons. The number of nitrogens with one attached hydrogen (secondary N) is 1. The number of hydrogen-bond donors (Lipinski definition) is 0. The Kier molecular flexibility index (Phi) is 5.46. The van der Waals surface area contributed by atoms with E-state index in [1.807, 2.05) is 6.08 Å². The molecule has 0 aliphatic heterocycles. The first-order valence-electron chi connectivity index (χ1n) is 2.71. The number of rotatable bonds is 3. The fourth-order valence-electron chi connectivity index (χ4n) is 0.368. The lowest BCUT2D eigenvalue weighted by atomic mass is 10.3. The molecule has 1 heteroatoms. The third kappa shape index (κ3) is 5.70. The van der Waals surface area contributed by atoms with Crippen LogP contribution in [0.15, 0.2) is 12.2 Å². The molecule has 0 saturated heterocycles. The van der Waals surface area contributed by atoms with Crippen LogP contribution in [0.1, 0.15) is 19.8 Å². The van der Waals surface area contributed by atoms with E-state index >= 15 is 0 Å². The predicted molar refractivity (Wildman–Crippen MR) is 32.0 cm³/mol. The summed E-state index contributed by atoms with van der Waals surface area (Å²) in [6, 6.07) is 0. The van der Waals surface area contributed by atoms with Crippen LogP contribution >= 0.6 is 0 Å². The third-order valence-electron chi connectivity index (χ3n) is 0.713. The van der Waals surface area contributed by atoms with Crippen molar-refractivity contribution in [2.75, 3.05) is 6.54 Å². The van der Waals surface area contributed by atoms with Crippen LogP contribution in [0.25, 0.3) is 0 Å². The minimum Gasteiger partial charge on any atom is -0.258 e. The lowest BCUT2D eigenvalue weighted by Gasteiger charge is -1.79. The standard InChI is InChI=1S/C6H12N/c1-2-3-4-5-6-7/h3-4,7H,2,5-6H2,1H3. The van der Waals surface area contributed by atoms with Gasteiger partial charge in [-0.3, -0.25) is 5.73 Å². The zero-order valence-corrected chi connectivity index (χ0v) is 4.78. The predicted octanol–water partition coefficient (Wildman–Crippen LogP) is 1.63. The first-order chi connectivity index (χ1) is 3.41. The van der Waals surface area contributed by atoms with E-state index in [1.54, 1.807) is 0 Å². The van der Waals surface area contributed by atoms with Crippen molar-refractivity contribution in [1.82, 2.24) is 5.73 Å². The first-order valence-corrected chi connectivity index (χ1v) is 2.71. The van der Waals surface area contributed by atoms with Crippen molar-refractivity contribution in [2.24, 2.45) is 0 Å². The van der Waals surface area contributed by atoms with Gasteiger partial charge in [-0.05, 0) is 12.8 Å². The molecule has 0 atom stereocenters. The number of hydrogen-bond acceptors (Lipinski definition) is 0. The molecule has 0 bridgehead atoms. The first kappa shape index (κ1) is 6.70. The molecule has 0 aliphatic rings. The molecular formula is C6H12N. The van der Waals surface area contributed by atoms with E-state index in [2.05, 4.69) is 13.0 Å². The highest BCUT2D eigenvalue weighted by molar-refractivity contribution is 4.79. The van der Waals surface area contributed by atoms with Crippen LogP contribution < -0.4 is 5.73 Å². The van der Waals surface area contributed by atoms with E-state index in [-0.39, 0.29) is 0 Å². The lowest BCUT2D eigenvalue weighted by molar-refractivity contribution is 0.969. The van der Waals surface area contributed by atoms with Crippen LogP contribution in [0.4, 0.5) is 0 Å². The average Bonchev–Trinajstić information content (AvgIpc) is 1.69. The van der Waals surface area contributed by atoms with Gasteiger partial charge in [0, 0.05) is 6.54 Å². The van der Waals surface area contributed by atoms with Gasteiger partial charge in [0.15, 0.2) is 0 Å². The summed E-state index contributed by atoms with van der Waals surface area (Å²) < 4.78 is 0. The Morgan fingerprint density at radius 2 is 2.14 bits per heavy atom. The molecule has 0 heterocycles. The minimum absolute atomic E-state index is 0.524. The fraction of sp³-hybridized carbons (Fsp3) is 0.667. The van der Waals surface area contributed by atoms with Crippen molar-refractivity contribution in [2.45, 2.75) is 19.8 Å². The Hall–Kier alpha value is -0.300. The second-order valence-corrected chi connectivity index (χ2v) is 1.42. The molecule has 0 fully saturated rings. The normalized spacial score (nSPS) is 10.6. The van der Waals surface area contributed by atoms with Gasteiger partial charge in [0.05, 0.1) is 0 Å². The lowest BCUT2D eigenvalue weighted by Crippen LogP contribution is -1.77. The van der Waals surface area contributed by atoms with Gasteiger partial charge in [0.25, 0.3) is 0 Å². The van der Waals surface area contributed by atoms with Crippen LogP contribution in [0, 0.1) is 0 Å².